The number of rotatable bonds is 9. The normalized spacial score (nSPS) is 11.9. The van der Waals surface area contributed by atoms with E-state index in [1.807, 2.05) is 24.3 Å². The first-order valence-corrected chi connectivity index (χ1v) is 9.58. The first-order chi connectivity index (χ1) is 14.1. The highest BCUT2D eigenvalue weighted by atomic mass is 16.4. The van der Waals surface area contributed by atoms with Crippen molar-refractivity contribution < 1.29 is 14.7 Å². The second-order valence-electron chi connectivity index (χ2n) is 6.78. The van der Waals surface area contributed by atoms with E-state index >= 15 is 0 Å². The largest absolute Gasteiger partial charge is 0.481 e. The molecule has 1 atom stereocenters. The van der Waals surface area contributed by atoms with Crippen molar-refractivity contribution in [3.63, 3.8) is 0 Å². The Morgan fingerprint density at radius 2 is 1.72 bits per heavy atom. The van der Waals surface area contributed by atoms with Crippen molar-refractivity contribution >= 4 is 22.8 Å². The Balaban J connectivity index is 1.81. The lowest BCUT2D eigenvalue weighted by Gasteiger charge is -2.20. The van der Waals surface area contributed by atoms with Gasteiger partial charge in [-0.1, -0.05) is 48.9 Å². The average molecular weight is 393 g/mol. The minimum Gasteiger partial charge on any atom is -0.481 e. The molecule has 150 valence electrons. The van der Waals surface area contributed by atoms with Gasteiger partial charge in [0.25, 0.3) is 5.56 Å². The molecule has 0 saturated heterocycles. The lowest BCUT2D eigenvalue weighted by atomic mass is 10.1. The number of carboxylic acids is 1. The number of aliphatic carboxylic acids is 1. The summed E-state index contributed by atoms with van der Waals surface area (Å²) >= 11 is 0. The van der Waals surface area contributed by atoms with Gasteiger partial charge in [-0.05, 0) is 30.5 Å². The van der Waals surface area contributed by atoms with E-state index in [1.54, 1.807) is 30.3 Å². The van der Waals surface area contributed by atoms with Gasteiger partial charge >= 0.3 is 5.97 Å². The molecule has 7 heteroatoms. The number of nitrogens with zero attached hydrogens (tertiary/aromatic N) is 2. The van der Waals surface area contributed by atoms with E-state index in [-0.39, 0.29) is 17.9 Å². The number of para-hydroxylation sites is 1. The average Bonchev–Trinajstić information content (AvgIpc) is 2.73. The molecule has 0 bridgehead atoms. The minimum absolute atomic E-state index is 0.124. The SMILES string of the molecule is O=C(O)CCCCCNC(=O)C(c1ccccc1)n1cnc2ccccc2c1=O. The van der Waals surface area contributed by atoms with Crippen LogP contribution in [0.1, 0.15) is 37.3 Å². The summed E-state index contributed by atoms with van der Waals surface area (Å²) in [7, 11) is 0. The zero-order valence-corrected chi connectivity index (χ0v) is 16.0. The predicted octanol–water partition coefficient (Wildman–Crippen LogP) is 2.75. The van der Waals surface area contributed by atoms with E-state index in [0.717, 1.165) is 0 Å². The Labute approximate surface area is 168 Å². The number of benzene rings is 2. The molecule has 0 saturated carbocycles. The quantitative estimate of drug-likeness (QED) is 0.545. The predicted molar refractivity (Wildman–Crippen MR) is 110 cm³/mol. The van der Waals surface area contributed by atoms with Crippen LogP contribution in [0.25, 0.3) is 10.9 Å². The van der Waals surface area contributed by atoms with E-state index in [0.29, 0.717) is 42.3 Å². The third-order valence-corrected chi connectivity index (χ3v) is 4.70. The van der Waals surface area contributed by atoms with Gasteiger partial charge < -0.3 is 10.4 Å². The number of hydrogen-bond acceptors (Lipinski definition) is 4. The van der Waals surface area contributed by atoms with Gasteiger partial charge in [-0.3, -0.25) is 19.0 Å². The van der Waals surface area contributed by atoms with Crippen molar-refractivity contribution in [3.05, 3.63) is 76.8 Å². The van der Waals surface area contributed by atoms with Crippen molar-refractivity contribution in [1.82, 2.24) is 14.9 Å². The molecular formula is C22H23N3O4. The van der Waals surface area contributed by atoms with Gasteiger partial charge in [0, 0.05) is 13.0 Å². The second kappa shape index (κ2) is 9.64. The number of hydrogen-bond donors (Lipinski definition) is 2. The summed E-state index contributed by atoms with van der Waals surface area (Å²) in [6, 6.07) is 15.3. The van der Waals surface area contributed by atoms with Crippen LogP contribution < -0.4 is 10.9 Å². The Morgan fingerprint density at radius 1 is 1.00 bits per heavy atom. The van der Waals surface area contributed by atoms with E-state index in [4.69, 9.17) is 5.11 Å². The van der Waals surface area contributed by atoms with E-state index in [1.165, 1.54) is 10.9 Å². The molecule has 0 aliphatic heterocycles. The van der Waals surface area contributed by atoms with Crippen LogP contribution in [0.4, 0.5) is 0 Å². The summed E-state index contributed by atoms with van der Waals surface area (Å²) in [5.41, 5.74) is 0.996. The van der Waals surface area contributed by atoms with Gasteiger partial charge in [0.2, 0.25) is 5.91 Å². The van der Waals surface area contributed by atoms with Crippen molar-refractivity contribution in [1.29, 1.82) is 0 Å². The molecule has 0 fully saturated rings. The van der Waals surface area contributed by atoms with Gasteiger partial charge in [-0.25, -0.2) is 4.98 Å². The monoisotopic (exact) mass is 393 g/mol. The van der Waals surface area contributed by atoms with Gasteiger partial charge in [0.15, 0.2) is 0 Å². The van der Waals surface area contributed by atoms with Crippen molar-refractivity contribution in [2.24, 2.45) is 0 Å². The van der Waals surface area contributed by atoms with Crippen LogP contribution in [-0.2, 0) is 9.59 Å². The molecule has 1 unspecified atom stereocenters. The highest BCUT2D eigenvalue weighted by molar-refractivity contribution is 5.84. The Bertz CT molecular complexity index is 1050. The van der Waals surface area contributed by atoms with Gasteiger partial charge in [-0.15, -0.1) is 0 Å². The van der Waals surface area contributed by atoms with Crippen LogP contribution in [0.5, 0.6) is 0 Å². The molecule has 3 aromatic rings. The minimum atomic E-state index is -0.833. The first-order valence-electron chi connectivity index (χ1n) is 9.58. The summed E-state index contributed by atoms with van der Waals surface area (Å²) in [6.45, 7) is 0.414. The molecule has 0 spiro atoms. The first kappa shape index (κ1) is 20.3. The van der Waals surface area contributed by atoms with Crippen molar-refractivity contribution in [2.75, 3.05) is 6.54 Å². The zero-order chi connectivity index (χ0) is 20.6. The van der Waals surface area contributed by atoms with Gasteiger partial charge in [0.1, 0.15) is 6.04 Å². The number of aromatic nitrogens is 2. The van der Waals surface area contributed by atoms with E-state index in [9.17, 15) is 14.4 Å². The third-order valence-electron chi connectivity index (χ3n) is 4.70. The molecule has 0 radical (unpaired) electrons. The topological polar surface area (TPSA) is 101 Å². The maximum absolute atomic E-state index is 13.0. The number of fused-ring (bicyclic) bond motifs is 1. The molecule has 3 rings (SSSR count). The summed E-state index contributed by atoms with van der Waals surface area (Å²) in [5.74, 6) is -1.12. The highest BCUT2D eigenvalue weighted by Crippen LogP contribution is 2.18. The smallest absolute Gasteiger partial charge is 0.303 e. The fourth-order valence-electron chi connectivity index (χ4n) is 3.23. The summed E-state index contributed by atoms with van der Waals surface area (Å²) in [5, 5.41) is 12.0. The maximum atomic E-state index is 13.0. The molecule has 2 aromatic carbocycles. The Hall–Kier alpha value is -3.48. The molecule has 29 heavy (non-hydrogen) atoms. The number of carboxylic acid groups (broad SMARTS) is 1. The number of carbonyl (C=O) groups excluding carboxylic acids is 1. The molecule has 1 heterocycles. The Kier molecular flexibility index (Phi) is 6.73. The molecule has 1 aromatic heterocycles. The lowest BCUT2D eigenvalue weighted by Crippen LogP contribution is -2.38. The molecule has 1 amide bonds. The molecule has 2 N–H and O–H groups in total. The van der Waals surface area contributed by atoms with Gasteiger partial charge in [-0.2, -0.15) is 0 Å². The van der Waals surface area contributed by atoms with Gasteiger partial charge in [0.05, 0.1) is 17.2 Å². The summed E-state index contributed by atoms with van der Waals surface area (Å²) in [4.78, 5) is 40.9. The summed E-state index contributed by atoms with van der Waals surface area (Å²) < 4.78 is 1.36. The fourth-order valence-corrected chi connectivity index (χ4v) is 3.23. The van der Waals surface area contributed by atoms with Crippen molar-refractivity contribution in [2.45, 2.75) is 31.7 Å². The van der Waals surface area contributed by atoms with Crippen LogP contribution >= 0.6 is 0 Å². The lowest BCUT2D eigenvalue weighted by molar-refractivity contribution is -0.137. The molecular weight excluding hydrogens is 370 g/mol. The zero-order valence-electron chi connectivity index (χ0n) is 16.0. The number of carbonyl (C=O) groups is 2. The number of amides is 1. The van der Waals surface area contributed by atoms with Crippen LogP contribution in [0.3, 0.4) is 0 Å². The molecule has 0 aliphatic rings. The maximum Gasteiger partial charge on any atom is 0.303 e. The third kappa shape index (κ3) is 5.07. The molecule has 7 nitrogen and oxygen atoms in total. The second-order valence-corrected chi connectivity index (χ2v) is 6.78. The van der Waals surface area contributed by atoms with Crippen LogP contribution in [0, 0.1) is 0 Å². The van der Waals surface area contributed by atoms with E-state index in [2.05, 4.69) is 10.3 Å². The van der Waals surface area contributed by atoms with Crippen LogP contribution in [0.15, 0.2) is 65.7 Å². The Morgan fingerprint density at radius 3 is 2.48 bits per heavy atom. The van der Waals surface area contributed by atoms with Crippen LogP contribution in [-0.4, -0.2) is 33.1 Å². The summed E-state index contributed by atoms with van der Waals surface area (Å²) in [6.07, 6.45) is 3.49. The highest BCUT2D eigenvalue weighted by Gasteiger charge is 2.24. The van der Waals surface area contributed by atoms with Crippen molar-refractivity contribution in [3.8, 4) is 0 Å². The van der Waals surface area contributed by atoms with Crippen LogP contribution in [0.2, 0.25) is 0 Å². The number of nitrogens with one attached hydrogen (secondary N) is 1. The van der Waals surface area contributed by atoms with E-state index < -0.39 is 12.0 Å². The fraction of sp³-hybridized carbons (Fsp3) is 0.273. The number of unbranched alkanes of at least 4 members (excludes halogenated alkanes) is 2. The molecule has 0 aliphatic carbocycles. The standard InChI is InChI=1S/C22H23N3O4/c26-19(27)13-5-2-8-14-23-21(28)20(16-9-3-1-4-10-16)25-15-24-18-12-7-6-11-17(18)22(25)29/h1,3-4,6-7,9-12,15,20H,2,5,8,13-14H2,(H,23,28)(H,26,27).